The zero-order valence-electron chi connectivity index (χ0n) is 16.5. The molecule has 8 heteroatoms. The Morgan fingerprint density at radius 1 is 1.17 bits per heavy atom. The number of aromatic amines is 1. The van der Waals surface area contributed by atoms with Gasteiger partial charge in [0.25, 0.3) is 0 Å². The van der Waals surface area contributed by atoms with Crippen LogP contribution in [0, 0.1) is 12.7 Å². The Morgan fingerprint density at radius 2 is 2.03 bits per heavy atom. The summed E-state index contributed by atoms with van der Waals surface area (Å²) in [5, 5.41) is 4.37. The number of nitrogens with one attached hydrogen (secondary N) is 2. The molecule has 0 spiro atoms. The third-order valence-corrected chi connectivity index (χ3v) is 4.82. The van der Waals surface area contributed by atoms with Gasteiger partial charge in [0.15, 0.2) is 5.82 Å². The number of fused-ring (bicyclic) bond motifs is 2. The maximum atomic E-state index is 14.9. The van der Waals surface area contributed by atoms with Crippen molar-refractivity contribution >= 4 is 39.2 Å². The van der Waals surface area contributed by atoms with Crippen molar-refractivity contribution in [3.8, 4) is 5.75 Å². The Labute approximate surface area is 172 Å². The molecule has 0 aliphatic carbocycles. The highest BCUT2D eigenvalue weighted by Crippen LogP contribution is 2.30. The van der Waals surface area contributed by atoms with Gasteiger partial charge < -0.3 is 20.8 Å². The summed E-state index contributed by atoms with van der Waals surface area (Å²) in [5.74, 6) is 0.541. The first-order chi connectivity index (χ1) is 14.5. The second kappa shape index (κ2) is 8.36. The van der Waals surface area contributed by atoms with Gasteiger partial charge in [-0.05, 0) is 50.1 Å². The second-order valence-corrected chi connectivity index (χ2v) is 7.14. The minimum absolute atomic E-state index is 0.306. The summed E-state index contributed by atoms with van der Waals surface area (Å²) < 4.78 is 20.6. The Morgan fingerprint density at radius 3 is 2.87 bits per heavy atom. The van der Waals surface area contributed by atoms with E-state index < -0.39 is 0 Å². The standard InChI is InChI=1S/C22H22FN5O2/c1-13-10-16-17(27-13)7-8-18(21(16)23)28-22-15-6-5-14(11-19(15)25-12-26-22)30-9-3-2-4-20(24)29/h5-8,10-12,27H,2-4,9H2,1H3,(H2,24,29)(H,25,26,28). The van der Waals surface area contributed by atoms with E-state index in [2.05, 4.69) is 20.3 Å². The lowest BCUT2D eigenvalue weighted by Crippen LogP contribution is -2.10. The fraction of sp³-hybridized carbons (Fsp3) is 0.227. The molecule has 0 aliphatic heterocycles. The van der Waals surface area contributed by atoms with Crippen molar-refractivity contribution in [2.45, 2.75) is 26.2 Å². The van der Waals surface area contributed by atoms with Gasteiger partial charge in [-0.25, -0.2) is 14.4 Å². The van der Waals surface area contributed by atoms with Crippen molar-refractivity contribution < 1.29 is 13.9 Å². The molecule has 4 rings (SSSR count). The van der Waals surface area contributed by atoms with E-state index in [0.29, 0.717) is 47.6 Å². The second-order valence-electron chi connectivity index (χ2n) is 7.14. The number of unbranched alkanes of at least 4 members (excludes halogenated alkanes) is 1. The molecule has 0 radical (unpaired) electrons. The molecule has 0 saturated heterocycles. The summed E-state index contributed by atoms with van der Waals surface area (Å²) in [6.07, 6.45) is 3.21. The summed E-state index contributed by atoms with van der Waals surface area (Å²) in [7, 11) is 0. The van der Waals surface area contributed by atoms with E-state index in [1.54, 1.807) is 12.1 Å². The predicted octanol–water partition coefficient (Wildman–Crippen LogP) is 4.34. The van der Waals surface area contributed by atoms with Crippen LogP contribution in [0.4, 0.5) is 15.9 Å². The zero-order chi connectivity index (χ0) is 21.1. The molecule has 2 aromatic heterocycles. The van der Waals surface area contributed by atoms with Gasteiger partial charge in [-0.1, -0.05) is 0 Å². The van der Waals surface area contributed by atoms with Crippen molar-refractivity contribution in [3.05, 3.63) is 54.2 Å². The van der Waals surface area contributed by atoms with Gasteiger partial charge in [-0.2, -0.15) is 0 Å². The van der Waals surface area contributed by atoms with Crippen molar-refractivity contribution in [2.24, 2.45) is 5.73 Å². The number of nitrogens with zero attached hydrogens (tertiary/aromatic N) is 2. The fourth-order valence-electron chi connectivity index (χ4n) is 3.35. The monoisotopic (exact) mass is 407 g/mol. The first-order valence-corrected chi connectivity index (χ1v) is 9.72. The number of ether oxygens (including phenoxy) is 1. The van der Waals surface area contributed by atoms with Gasteiger partial charge >= 0.3 is 0 Å². The number of amides is 1. The molecule has 0 unspecified atom stereocenters. The smallest absolute Gasteiger partial charge is 0.217 e. The topological polar surface area (TPSA) is 106 Å². The maximum Gasteiger partial charge on any atom is 0.217 e. The van der Waals surface area contributed by atoms with E-state index in [1.165, 1.54) is 6.33 Å². The van der Waals surface area contributed by atoms with Crippen LogP contribution in [0.2, 0.25) is 0 Å². The summed E-state index contributed by atoms with van der Waals surface area (Å²) in [6, 6.07) is 10.8. The SMILES string of the molecule is Cc1cc2c(F)c(Nc3ncnc4cc(OCCCCC(N)=O)ccc34)ccc2[nH]1. The molecule has 154 valence electrons. The number of anilines is 2. The third-order valence-electron chi connectivity index (χ3n) is 4.82. The number of carbonyl (C=O) groups excluding carboxylic acids is 1. The molecule has 30 heavy (non-hydrogen) atoms. The van der Waals surface area contributed by atoms with Crippen molar-refractivity contribution in [3.63, 3.8) is 0 Å². The van der Waals surface area contributed by atoms with E-state index in [-0.39, 0.29) is 11.7 Å². The van der Waals surface area contributed by atoms with Crippen molar-refractivity contribution in [1.29, 1.82) is 0 Å². The average Bonchev–Trinajstić information content (AvgIpc) is 3.11. The van der Waals surface area contributed by atoms with E-state index in [9.17, 15) is 9.18 Å². The van der Waals surface area contributed by atoms with Gasteiger partial charge in [0.05, 0.1) is 17.8 Å². The number of aryl methyl sites for hydroxylation is 1. The average molecular weight is 407 g/mol. The number of benzene rings is 2. The Kier molecular flexibility index (Phi) is 5.47. The van der Waals surface area contributed by atoms with Crippen LogP contribution in [0.25, 0.3) is 21.8 Å². The van der Waals surface area contributed by atoms with Gasteiger partial charge in [0.1, 0.15) is 17.9 Å². The number of rotatable bonds is 8. The highest BCUT2D eigenvalue weighted by molar-refractivity contribution is 5.93. The first-order valence-electron chi connectivity index (χ1n) is 9.72. The van der Waals surface area contributed by atoms with Crippen LogP contribution < -0.4 is 15.8 Å². The number of halogens is 1. The van der Waals surface area contributed by atoms with Gasteiger partial charge in [0.2, 0.25) is 5.91 Å². The van der Waals surface area contributed by atoms with E-state index in [1.807, 2.05) is 31.2 Å². The molecule has 0 fully saturated rings. The number of primary amides is 1. The van der Waals surface area contributed by atoms with E-state index in [4.69, 9.17) is 10.5 Å². The highest BCUT2D eigenvalue weighted by Gasteiger charge is 2.12. The molecule has 0 aliphatic rings. The molecule has 4 aromatic rings. The molecular formula is C22H22FN5O2. The van der Waals surface area contributed by atoms with Crippen LogP contribution >= 0.6 is 0 Å². The molecule has 0 bridgehead atoms. The van der Waals surface area contributed by atoms with E-state index in [0.717, 1.165) is 23.0 Å². The first kappa shape index (κ1) is 19.6. The fourth-order valence-corrected chi connectivity index (χ4v) is 3.35. The molecule has 2 heterocycles. The number of aromatic nitrogens is 3. The van der Waals surface area contributed by atoms with Crippen LogP contribution in [0.1, 0.15) is 25.0 Å². The molecule has 7 nitrogen and oxygen atoms in total. The summed E-state index contributed by atoms with van der Waals surface area (Å²) >= 11 is 0. The highest BCUT2D eigenvalue weighted by atomic mass is 19.1. The molecule has 2 aromatic carbocycles. The third kappa shape index (κ3) is 4.17. The van der Waals surface area contributed by atoms with Crippen LogP contribution in [0.5, 0.6) is 5.75 Å². The molecule has 0 saturated carbocycles. The van der Waals surface area contributed by atoms with Crippen molar-refractivity contribution in [1.82, 2.24) is 15.0 Å². The van der Waals surface area contributed by atoms with Gasteiger partial charge in [-0.15, -0.1) is 0 Å². The summed E-state index contributed by atoms with van der Waals surface area (Å²) in [4.78, 5) is 22.5. The molecule has 4 N–H and O–H groups in total. The Bertz CT molecular complexity index is 1220. The molecule has 0 atom stereocenters. The number of nitrogens with two attached hydrogens (primary N) is 1. The predicted molar refractivity (Wildman–Crippen MR) is 114 cm³/mol. The number of hydrogen-bond donors (Lipinski definition) is 3. The lowest BCUT2D eigenvalue weighted by atomic mass is 10.2. The number of hydrogen-bond acceptors (Lipinski definition) is 5. The lowest BCUT2D eigenvalue weighted by Gasteiger charge is -2.11. The lowest BCUT2D eigenvalue weighted by molar-refractivity contribution is -0.118. The summed E-state index contributed by atoms with van der Waals surface area (Å²) in [5.41, 5.74) is 7.80. The minimum Gasteiger partial charge on any atom is -0.494 e. The zero-order valence-corrected chi connectivity index (χ0v) is 16.5. The number of H-pyrrole nitrogens is 1. The van der Waals surface area contributed by atoms with E-state index >= 15 is 0 Å². The summed E-state index contributed by atoms with van der Waals surface area (Å²) in [6.45, 7) is 2.37. The van der Waals surface area contributed by atoms with Crippen LogP contribution in [0.15, 0.2) is 42.7 Å². The van der Waals surface area contributed by atoms with Crippen LogP contribution in [-0.4, -0.2) is 27.5 Å². The quantitative estimate of drug-likeness (QED) is 0.377. The molecular weight excluding hydrogens is 385 g/mol. The molecule has 1 amide bonds. The Hall–Kier alpha value is -3.68. The van der Waals surface area contributed by atoms with Gasteiger partial charge in [0, 0.05) is 34.5 Å². The minimum atomic E-state index is -0.334. The van der Waals surface area contributed by atoms with Gasteiger partial charge in [-0.3, -0.25) is 4.79 Å². The van der Waals surface area contributed by atoms with Crippen LogP contribution in [0.3, 0.4) is 0 Å². The largest absolute Gasteiger partial charge is 0.494 e. The normalized spacial score (nSPS) is 11.1. The number of carbonyl (C=O) groups is 1. The Balaban J connectivity index is 1.52. The maximum absolute atomic E-state index is 14.9. The van der Waals surface area contributed by atoms with Crippen LogP contribution in [-0.2, 0) is 4.79 Å². The van der Waals surface area contributed by atoms with Crippen molar-refractivity contribution in [2.75, 3.05) is 11.9 Å².